The molecule has 10 nitrogen and oxygen atoms in total. The fourth-order valence-electron chi connectivity index (χ4n) is 6.41. The summed E-state index contributed by atoms with van der Waals surface area (Å²) in [5, 5.41) is 14.6. The molecule has 2 heterocycles. The Labute approximate surface area is 248 Å². The Kier molecular flexibility index (Phi) is 6.44. The van der Waals surface area contributed by atoms with Crippen LogP contribution in [-0.4, -0.2) is 48.4 Å². The molecule has 40 heavy (non-hydrogen) atoms. The number of nitrogens with one attached hydrogen (secondary N) is 2. The van der Waals surface area contributed by atoms with Gasteiger partial charge in [-0.3, -0.25) is 9.52 Å². The highest BCUT2D eigenvalue weighted by molar-refractivity contribution is 14.1. The van der Waals surface area contributed by atoms with E-state index in [0.717, 1.165) is 31.6 Å². The van der Waals surface area contributed by atoms with E-state index in [2.05, 4.69) is 37.0 Å². The maximum atomic E-state index is 14.2. The SMILES string of the molecule is CS(=O)(=O)Nc1ccc2c(c1)S(=O)(=O)N=C(C1=C(O)[C@@H]3[C@H]4CC[C@H](C4)[C@]3(I)N(Cc3ccc(F)cc3Cl)C1=O)N2. The van der Waals surface area contributed by atoms with Gasteiger partial charge in [0.1, 0.15) is 25.6 Å². The van der Waals surface area contributed by atoms with Gasteiger partial charge in [0.25, 0.3) is 15.9 Å². The van der Waals surface area contributed by atoms with Crippen LogP contribution >= 0.6 is 34.2 Å². The number of alkyl halides is 1. The number of benzene rings is 2. The Morgan fingerprint density at radius 1 is 1.27 bits per heavy atom. The summed E-state index contributed by atoms with van der Waals surface area (Å²) < 4.78 is 68.8. The minimum Gasteiger partial charge on any atom is -0.511 e. The van der Waals surface area contributed by atoms with E-state index in [1.165, 1.54) is 30.3 Å². The first-order valence-electron chi connectivity index (χ1n) is 12.3. The lowest BCUT2D eigenvalue weighted by Gasteiger charge is -2.50. The van der Waals surface area contributed by atoms with Gasteiger partial charge in [0.05, 0.1) is 17.9 Å². The van der Waals surface area contributed by atoms with Gasteiger partial charge in [-0.1, -0.05) is 40.3 Å². The van der Waals surface area contributed by atoms with Crippen LogP contribution in [0.15, 0.2) is 57.0 Å². The molecule has 2 aromatic rings. The highest BCUT2D eigenvalue weighted by Gasteiger charge is 2.65. The number of anilines is 2. The van der Waals surface area contributed by atoms with Crippen molar-refractivity contribution in [3.05, 3.63) is 64.1 Å². The molecule has 6 rings (SSSR count). The molecular weight excluding hydrogens is 698 g/mol. The first-order valence-corrected chi connectivity index (χ1v) is 17.1. The number of halogens is 3. The van der Waals surface area contributed by atoms with E-state index in [1.54, 1.807) is 4.90 Å². The molecule has 0 aromatic heterocycles. The van der Waals surface area contributed by atoms with Crippen molar-refractivity contribution in [2.45, 2.75) is 34.2 Å². The molecule has 1 amide bonds. The van der Waals surface area contributed by atoms with E-state index >= 15 is 0 Å². The highest BCUT2D eigenvalue weighted by atomic mass is 127. The van der Waals surface area contributed by atoms with E-state index in [0.29, 0.717) is 5.56 Å². The number of aliphatic hydroxyl groups is 1. The van der Waals surface area contributed by atoms with Crippen LogP contribution in [0, 0.1) is 23.6 Å². The lowest BCUT2D eigenvalue weighted by molar-refractivity contribution is -0.135. The first kappa shape index (κ1) is 27.7. The second-order valence-corrected chi connectivity index (χ2v) is 15.9. The Hall–Kier alpha value is -2.43. The number of fused-ring (bicyclic) bond motifs is 6. The van der Waals surface area contributed by atoms with Gasteiger partial charge in [-0.15, -0.1) is 4.40 Å². The molecule has 15 heteroatoms. The molecule has 2 aliphatic heterocycles. The maximum Gasteiger partial charge on any atom is 0.286 e. The second-order valence-electron chi connectivity index (χ2n) is 10.5. The van der Waals surface area contributed by atoms with Crippen LogP contribution in [0.5, 0.6) is 0 Å². The third kappa shape index (κ3) is 4.38. The van der Waals surface area contributed by atoms with E-state index in [9.17, 15) is 31.1 Å². The van der Waals surface area contributed by atoms with Gasteiger partial charge in [-0.05, 0) is 67.0 Å². The van der Waals surface area contributed by atoms with Crippen LogP contribution in [0.25, 0.3) is 0 Å². The number of hydrogen-bond acceptors (Lipinski definition) is 7. The van der Waals surface area contributed by atoms with Crippen molar-refractivity contribution in [1.82, 2.24) is 4.90 Å². The standard InChI is InChI=1S/C25H23ClFIN4O6S2/c1-39(35,36)30-16-6-7-18-19(10-16)40(37,38)31-23(29-18)20-22(33)21-12-2-4-14(8-12)25(21,28)32(24(20)34)11-13-3-5-15(27)9-17(13)26/h3,5-7,9-10,12,14,21,30,33H,2,4,8,11H2,1H3,(H,29,31)/t12-,14+,21-,25-/m0/s1. The summed E-state index contributed by atoms with van der Waals surface area (Å²) in [6.07, 6.45) is 3.46. The Morgan fingerprint density at radius 3 is 2.73 bits per heavy atom. The van der Waals surface area contributed by atoms with Gasteiger partial charge in [0.15, 0.2) is 5.84 Å². The molecule has 0 unspecified atom stereocenters. The summed E-state index contributed by atoms with van der Waals surface area (Å²) in [4.78, 5) is 15.5. The number of carbonyl (C=O) groups excluding carboxylic acids is 1. The predicted octanol–water partition coefficient (Wildman–Crippen LogP) is 4.40. The molecule has 2 saturated carbocycles. The highest BCUT2D eigenvalue weighted by Crippen LogP contribution is 2.64. The molecule has 212 valence electrons. The summed E-state index contributed by atoms with van der Waals surface area (Å²) in [5.41, 5.74) is 0.359. The van der Waals surface area contributed by atoms with Gasteiger partial charge >= 0.3 is 0 Å². The third-order valence-electron chi connectivity index (χ3n) is 7.98. The Morgan fingerprint density at radius 2 is 2.02 bits per heavy atom. The first-order chi connectivity index (χ1) is 18.7. The van der Waals surface area contributed by atoms with Crippen molar-refractivity contribution in [2.24, 2.45) is 22.2 Å². The molecule has 2 aliphatic carbocycles. The summed E-state index contributed by atoms with van der Waals surface area (Å²) in [6, 6.07) is 7.79. The van der Waals surface area contributed by atoms with Crippen LogP contribution in [0.4, 0.5) is 15.8 Å². The van der Waals surface area contributed by atoms with E-state index in [1.807, 2.05) is 0 Å². The zero-order chi connectivity index (χ0) is 28.8. The van der Waals surface area contributed by atoms with E-state index in [4.69, 9.17) is 11.6 Å². The topological polar surface area (TPSA) is 145 Å². The van der Waals surface area contributed by atoms with Gasteiger partial charge < -0.3 is 15.3 Å². The number of amidine groups is 1. The third-order valence-corrected chi connectivity index (χ3v) is 12.4. The summed E-state index contributed by atoms with van der Waals surface area (Å²) in [5.74, 6) is -1.97. The van der Waals surface area contributed by atoms with Crippen molar-refractivity contribution >= 4 is 77.4 Å². The number of rotatable bonds is 5. The maximum absolute atomic E-state index is 14.2. The lowest BCUT2D eigenvalue weighted by atomic mass is 9.77. The molecule has 0 saturated heterocycles. The van der Waals surface area contributed by atoms with Gasteiger partial charge in [0, 0.05) is 17.3 Å². The van der Waals surface area contributed by atoms with Crippen LogP contribution in [0.1, 0.15) is 24.8 Å². The smallest absolute Gasteiger partial charge is 0.286 e. The molecule has 2 aromatic carbocycles. The van der Waals surface area contributed by atoms with Gasteiger partial charge in [-0.2, -0.15) is 8.42 Å². The zero-order valence-electron chi connectivity index (χ0n) is 20.9. The zero-order valence-corrected chi connectivity index (χ0v) is 25.4. The van der Waals surface area contributed by atoms with Gasteiger partial charge in [0.2, 0.25) is 10.0 Å². The molecule has 0 radical (unpaired) electrons. The number of aliphatic hydroxyl groups excluding tert-OH is 1. The van der Waals surface area contributed by atoms with E-state index in [-0.39, 0.29) is 56.8 Å². The molecule has 2 bridgehead atoms. The lowest BCUT2D eigenvalue weighted by Crippen LogP contribution is -2.60. The van der Waals surface area contributed by atoms with E-state index < -0.39 is 41.2 Å². The quantitative estimate of drug-likeness (QED) is 0.236. The Bertz CT molecular complexity index is 1770. The molecular formula is C25H23ClFIN4O6S2. The average molecular weight is 721 g/mol. The van der Waals surface area contributed by atoms with Crippen molar-refractivity contribution in [2.75, 3.05) is 16.3 Å². The summed E-state index contributed by atoms with van der Waals surface area (Å²) in [7, 11) is -8.05. The Balaban J connectivity index is 1.45. The summed E-state index contributed by atoms with van der Waals surface area (Å²) >= 11 is 8.56. The van der Waals surface area contributed by atoms with Crippen LogP contribution in [0.3, 0.4) is 0 Å². The average Bonchev–Trinajstić information content (AvgIpc) is 3.43. The van der Waals surface area contributed by atoms with Crippen LogP contribution in [0.2, 0.25) is 5.02 Å². The number of carbonyl (C=O) groups is 1. The van der Waals surface area contributed by atoms with Gasteiger partial charge in [-0.25, -0.2) is 12.8 Å². The molecule has 4 aliphatic rings. The molecule has 4 atom stereocenters. The monoisotopic (exact) mass is 720 g/mol. The normalized spacial score (nSPS) is 28.6. The summed E-state index contributed by atoms with van der Waals surface area (Å²) in [6.45, 7) is 0.0223. The van der Waals surface area contributed by atoms with Crippen molar-refractivity contribution in [3.63, 3.8) is 0 Å². The molecule has 3 N–H and O–H groups in total. The number of hydrogen-bond donors (Lipinski definition) is 3. The fourth-order valence-corrected chi connectivity index (χ4v) is 10.1. The number of sulfonamides is 2. The largest absolute Gasteiger partial charge is 0.511 e. The fraction of sp³-hybridized carbons (Fsp3) is 0.360. The van der Waals surface area contributed by atoms with Crippen molar-refractivity contribution in [1.29, 1.82) is 0 Å². The van der Waals surface area contributed by atoms with Crippen molar-refractivity contribution < 1.29 is 31.1 Å². The molecule has 2 fully saturated rings. The molecule has 0 spiro atoms. The van der Waals surface area contributed by atoms with Crippen LogP contribution < -0.4 is 10.0 Å². The number of amides is 1. The second kappa shape index (κ2) is 9.29. The minimum atomic E-state index is -4.39. The number of nitrogens with zero attached hydrogens (tertiary/aromatic N) is 2. The van der Waals surface area contributed by atoms with Crippen molar-refractivity contribution in [3.8, 4) is 0 Å². The van der Waals surface area contributed by atoms with Crippen LogP contribution in [-0.2, 0) is 31.4 Å². The predicted molar refractivity (Wildman–Crippen MR) is 156 cm³/mol. The minimum absolute atomic E-state index is 0.0223.